The number of methoxy groups -OCH3 is 1. The van der Waals surface area contributed by atoms with Gasteiger partial charge >= 0.3 is 5.97 Å². The number of ether oxygens (including phenoxy) is 4. The molecule has 180 valence electrons. The van der Waals surface area contributed by atoms with Crippen LogP contribution in [0.3, 0.4) is 0 Å². The zero-order valence-electron chi connectivity index (χ0n) is 20.3. The van der Waals surface area contributed by atoms with Crippen LogP contribution < -0.4 is 9.47 Å². The second kappa shape index (κ2) is 11.4. The molecule has 2 heterocycles. The van der Waals surface area contributed by atoms with Crippen molar-refractivity contribution in [1.82, 2.24) is 4.57 Å². The normalized spacial score (nSPS) is 15.6. The van der Waals surface area contributed by atoms with E-state index in [2.05, 4.69) is 18.4 Å². The number of ketones is 1. The number of carbonyl (C=O) groups excluding carboxylic acids is 2. The van der Waals surface area contributed by atoms with E-state index in [0.29, 0.717) is 35.2 Å². The molecule has 0 bridgehead atoms. The molecule has 0 radical (unpaired) electrons. The maximum absolute atomic E-state index is 12.8. The third kappa shape index (κ3) is 6.38. The summed E-state index contributed by atoms with van der Waals surface area (Å²) in [6.07, 6.45) is 3.20. The Labute approximate surface area is 196 Å². The summed E-state index contributed by atoms with van der Waals surface area (Å²) in [5.41, 5.74) is 2.74. The van der Waals surface area contributed by atoms with Crippen LogP contribution in [0.5, 0.6) is 11.5 Å². The number of carbonyl (C=O) groups is 2. The minimum Gasteiger partial charge on any atom is -0.493 e. The van der Waals surface area contributed by atoms with Crippen LogP contribution in [0.2, 0.25) is 0 Å². The van der Waals surface area contributed by atoms with Gasteiger partial charge in [0.25, 0.3) is 0 Å². The average molecular weight is 458 g/mol. The van der Waals surface area contributed by atoms with Crippen molar-refractivity contribution >= 4 is 11.8 Å². The molecule has 1 aromatic carbocycles. The van der Waals surface area contributed by atoms with Gasteiger partial charge in [-0.25, -0.2) is 4.79 Å². The third-order valence-electron chi connectivity index (χ3n) is 5.97. The van der Waals surface area contributed by atoms with Crippen molar-refractivity contribution in [3.63, 3.8) is 0 Å². The second-order valence-electron chi connectivity index (χ2n) is 8.93. The fourth-order valence-electron chi connectivity index (χ4n) is 3.97. The molecule has 1 aromatic heterocycles. The van der Waals surface area contributed by atoms with E-state index >= 15 is 0 Å². The van der Waals surface area contributed by atoms with Crippen molar-refractivity contribution < 1.29 is 28.5 Å². The Morgan fingerprint density at radius 1 is 1.18 bits per heavy atom. The van der Waals surface area contributed by atoms with Gasteiger partial charge in [0.05, 0.1) is 25.4 Å². The molecule has 1 unspecified atom stereocenters. The van der Waals surface area contributed by atoms with Crippen LogP contribution in [0.15, 0.2) is 24.3 Å². The molecule has 1 aliphatic heterocycles. The molecular formula is C26H35NO6. The summed E-state index contributed by atoms with van der Waals surface area (Å²) in [5.74, 6) is 0.754. The highest BCUT2D eigenvalue weighted by Gasteiger charge is 2.22. The van der Waals surface area contributed by atoms with E-state index in [1.165, 1.54) is 7.11 Å². The molecule has 0 saturated carbocycles. The summed E-state index contributed by atoms with van der Waals surface area (Å²) >= 11 is 0. The monoisotopic (exact) mass is 457 g/mol. The first-order valence-electron chi connectivity index (χ1n) is 11.6. The molecule has 7 nitrogen and oxygen atoms in total. The standard InChI is InChI=1S/C26H35NO6/c1-17(2)10-12-32-24-9-8-20(14-25(24)30-5)26(29)33-16-23(28)22-13-18(3)27(19(22)4)15-21-7-6-11-31-21/h8-9,13-14,17,21H,6-7,10-12,15-16H2,1-5H3. The van der Waals surface area contributed by atoms with Crippen molar-refractivity contribution in [2.24, 2.45) is 5.92 Å². The zero-order chi connectivity index (χ0) is 24.0. The number of hydrogen-bond acceptors (Lipinski definition) is 6. The van der Waals surface area contributed by atoms with Crippen molar-refractivity contribution in [2.75, 3.05) is 26.9 Å². The van der Waals surface area contributed by atoms with Crippen LogP contribution in [0.1, 0.15) is 65.2 Å². The molecule has 0 aliphatic carbocycles. The smallest absolute Gasteiger partial charge is 0.338 e. The average Bonchev–Trinajstić information content (AvgIpc) is 3.41. The first-order chi connectivity index (χ1) is 15.8. The molecule has 33 heavy (non-hydrogen) atoms. The highest BCUT2D eigenvalue weighted by molar-refractivity contribution is 6.00. The summed E-state index contributed by atoms with van der Waals surface area (Å²) in [7, 11) is 1.52. The molecule has 7 heteroatoms. The van der Waals surface area contributed by atoms with E-state index in [4.69, 9.17) is 18.9 Å². The Hall–Kier alpha value is -2.80. The number of hydrogen-bond donors (Lipinski definition) is 0. The van der Waals surface area contributed by atoms with E-state index in [9.17, 15) is 9.59 Å². The lowest BCUT2D eigenvalue weighted by Crippen LogP contribution is -2.18. The zero-order valence-corrected chi connectivity index (χ0v) is 20.3. The minimum atomic E-state index is -0.580. The first-order valence-corrected chi connectivity index (χ1v) is 11.6. The van der Waals surface area contributed by atoms with Crippen molar-refractivity contribution in [2.45, 2.75) is 59.6 Å². The topological polar surface area (TPSA) is 76.0 Å². The summed E-state index contributed by atoms with van der Waals surface area (Å²) in [6, 6.07) is 6.74. The predicted octanol–water partition coefficient (Wildman–Crippen LogP) is 4.76. The van der Waals surface area contributed by atoms with E-state index in [1.807, 2.05) is 19.9 Å². The molecule has 1 aliphatic rings. The first kappa shape index (κ1) is 24.8. The SMILES string of the molecule is COc1cc(C(=O)OCC(=O)c2cc(C)n(CC3CCCO3)c2C)ccc1OCCC(C)C. The summed E-state index contributed by atoms with van der Waals surface area (Å²) in [5, 5.41) is 0. The summed E-state index contributed by atoms with van der Waals surface area (Å²) in [4.78, 5) is 25.3. The lowest BCUT2D eigenvalue weighted by Gasteiger charge is -2.15. The van der Waals surface area contributed by atoms with Crippen LogP contribution in [0.25, 0.3) is 0 Å². The maximum Gasteiger partial charge on any atom is 0.338 e. The van der Waals surface area contributed by atoms with Crippen molar-refractivity contribution in [3.8, 4) is 11.5 Å². The summed E-state index contributed by atoms with van der Waals surface area (Å²) < 4.78 is 24.3. The molecule has 1 fully saturated rings. The van der Waals surface area contributed by atoms with Gasteiger partial charge in [0.2, 0.25) is 5.78 Å². The Kier molecular flexibility index (Phi) is 8.55. The number of nitrogens with zero attached hydrogens (tertiary/aromatic N) is 1. The van der Waals surface area contributed by atoms with Gasteiger partial charge in [-0.2, -0.15) is 0 Å². The second-order valence-corrected chi connectivity index (χ2v) is 8.93. The molecule has 1 atom stereocenters. The molecule has 0 amide bonds. The molecule has 0 spiro atoms. The van der Waals surface area contributed by atoms with Crippen LogP contribution in [0, 0.1) is 19.8 Å². The van der Waals surface area contributed by atoms with E-state index in [-0.39, 0.29) is 18.5 Å². The van der Waals surface area contributed by atoms with Crippen molar-refractivity contribution in [3.05, 3.63) is 46.8 Å². The third-order valence-corrected chi connectivity index (χ3v) is 5.97. The number of aromatic nitrogens is 1. The maximum atomic E-state index is 12.8. The number of rotatable bonds is 11. The van der Waals surface area contributed by atoms with Gasteiger partial charge in [-0.3, -0.25) is 4.79 Å². The van der Waals surface area contributed by atoms with Crippen LogP contribution in [-0.2, 0) is 16.0 Å². The number of benzene rings is 1. The van der Waals surface area contributed by atoms with Crippen LogP contribution in [0.4, 0.5) is 0 Å². The lowest BCUT2D eigenvalue weighted by atomic mass is 10.1. The van der Waals surface area contributed by atoms with Crippen LogP contribution >= 0.6 is 0 Å². The quantitative estimate of drug-likeness (QED) is 0.358. The highest BCUT2D eigenvalue weighted by Crippen LogP contribution is 2.29. The molecule has 0 N–H and O–H groups in total. The lowest BCUT2D eigenvalue weighted by molar-refractivity contribution is 0.0474. The Balaban J connectivity index is 1.60. The van der Waals surface area contributed by atoms with E-state index in [1.54, 1.807) is 18.2 Å². The minimum absolute atomic E-state index is 0.183. The summed E-state index contributed by atoms with van der Waals surface area (Å²) in [6.45, 7) is 9.92. The molecular weight excluding hydrogens is 422 g/mol. The predicted molar refractivity (Wildman–Crippen MR) is 125 cm³/mol. The Morgan fingerprint density at radius 2 is 1.97 bits per heavy atom. The highest BCUT2D eigenvalue weighted by atomic mass is 16.5. The number of aryl methyl sites for hydroxylation is 1. The molecule has 3 rings (SSSR count). The van der Waals surface area contributed by atoms with E-state index in [0.717, 1.165) is 43.8 Å². The molecule has 2 aromatic rings. The van der Waals surface area contributed by atoms with E-state index < -0.39 is 5.97 Å². The number of esters is 1. The Bertz CT molecular complexity index is 971. The van der Waals surface area contributed by atoms with Gasteiger partial charge < -0.3 is 23.5 Å². The fourth-order valence-corrected chi connectivity index (χ4v) is 3.97. The van der Waals surface area contributed by atoms with Gasteiger partial charge in [0, 0.05) is 30.1 Å². The molecule has 1 saturated heterocycles. The largest absolute Gasteiger partial charge is 0.493 e. The van der Waals surface area contributed by atoms with Gasteiger partial charge in [-0.1, -0.05) is 13.8 Å². The van der Waals surface area contributed by atoms with Crippen LogP contribution in [-0.4, -0.2) is 49.4 Å². The number of Topliss-reactive ketones (excluding diaryl/α,β-unsaturated/α-hetero) is 1. The van der Waals surface area contributed by atoms with Gasteiger partial charge in [-0.15, -0.1) is 0 Å². The van der Waals surface area contributed by atoms with Crippen molar-refractivity contribution in [1.29, 1.82) is 0 Å². The van der Waals surface area contributed by atoms with Gasteiger partial charge in [-0.05, 0) is 63.3 Å². The van der Waals surface area contributed by atoms with Gasteiger partial charge in [0.15, 0.2) is 18.1 Å². The fraction of sp³-hybridized carbons (Fsp3) is 0.538. The Morgan fingerprint density at radius 3 is 2.64 bits per heavy atom. The van der Waals surface area contributed by atoms with Gasteiger partial charge in [0.1, 0.15) is 0 Å².